The molecule has 0 aliphatic carbocycles. The third kappa shape index (κ3) is 3.78. The number of halogens is 3. The van der Waals surface area contributed by atoms with E-state index in [1.54, 1.807) is 24.3 Å². The summed E-state index contributed by atoms with van der Waals surface area (Å²) in [7, 11) is 0. The van der Waals surface area contributed by atoms with Gasteiger partial charge in [0.05, 0.1) is 11.1 Å². The average molecular weight is 311 g/mol. The molecule has 1 amide bonds. The number of amides is 1. The monoisotopic (exact) mass is 311 g/mol. The molecule has 0 aliphatic heterocycles. The third-order valence-corrected chi connectivity index (χ3v) is 3.57. The van der Waals surface area contributed by atoms with E-state index < -0.39 is 17.6 Å². The molecule has 0 radical (unpaired) electrons. The topological polar surface area (TPSA) is 29.1 Å². The van der Waals surface area contributed by atoms with E-state index in [2.05, 4.69) is 5.32 Å². The SMILES string of the molecule is CSc1ccc(NC(=O)c2ccccc2C(F)(F)F)cc1. The summed E-state index contributed by atoms with van der Waals surface area (Å²) in [5.74, 6) is -0.778. The zero-order valence-electron chi connectivity index (χ0n) is 11.1. The molecular formula is C15H12F3NOS. The maximum Gasteiger partial charge on any atom is 0.417 e. The number of hydrogen-bond donors (Lipinski definition) is 1. The van der Waals surface area contributed by atoms with Crippen LogP contribution >= 0.6 is 11.8 Å². The highest BCUT2D eigenvalue weighted by atomic mass is 32.2. The van der Waals surface area contributed by atoms with Crippen molar-refractivity contribution < 1.29 is 18.0 Å². The minimum Gasteiger partial charge on any atom is -0.322 e. The fourth-order valence-corrected chi connectivity index (χ4v) is 2.21. The summed E-state index contributed by atoms with van der Waals surface area (Å²) >= 11 is 1.54. The third-order valence-electron chi connectivity index (χ3n) is 2.82. The number of carbonyl (C=O) groups is 1. The van der Waals surface area contributed by atoms with Crippen molar-refractivity contribution in [2.75, 3.05) is 11.6 Å². The van der Waals surface area contributed by atoms with Crippen molar-refractivity contribution >= 4 is 23.4 Å². The maximum atomic E-state index is 12.9. The van der Waals surface area contributed by atoms with E-state index in [0.717, 1.165) is 17.0 Å². The van der Waals surface area contributed by atoms with Crippen LogP contribution in [0.4, 0.5) is 18.9 Å². The molecular weight excluding hydrogens is 299 g/mol. The first kappa shape index (κ1) is 15.4. The van der Waals surface area contributed by atoms with Crippen LogP contribution in [0, 0.1) is 0 Å². The van der Waals surface area contributed by atoms with Gasteiger partial charge in [0.25, 0.3) is 5.91 Å². The Kier molecular flexibility index (Phi) is 4.57. The molecule has 0 heterocycles. The minimum atomic E-state index is -4.56. The highest BCUT2D eigenvalue weighted by Crippen LogP contribution is 2.32. The van der Waals surface area contributed by atoms with Crippen LogP contribution in [-0.2, 0) is 6.18 Å². The number of carbonyl (C=O) groups excluding carboxylic acids is 1. The van der Waals surface area contributed by atoms with Gasteiger partial charge in [-0.1, -0.05) is 12.1 Å². The maximum absolute atomic E-state index is 12.9. The molecule has 0 bridgehead atoms. The Balaban J connectivity index is 2.24. The largest absolute Gasteiger partial charge is 0.417 e. The summed E-state index contributed by atoms with van der Waals surface area (Å²) in [6, 6.07) is 11.6. The van der Waals surface area contributed by atoms with Crippen molar-refractivity contribution in [1.82, 2.24) is 0 Å². The molecule has 21 heavy (non-hydrogen) atoms. The number of rotatable bonds is 3. The van der Waals surface area contributed by atoms with E-state index in [0.29, 0.717) is 5.69 Å². The van der Waals surface area contributed by atoms with Gasteiger partial charge in [-0.3, -0.25) is 4.79 Å². The molecule has 0 aromatic heterocycles. The molecule has 0 saturated carbocycles. The smallest absolute Gasteiger partial charge is 0.322 e. The van der Waals surface area contributed by atoms with Gasteiger partial charge in [-0.15, -0.1) is 11.8 Å². The second-order valence-electron chi connectivity index (χ2n) is 4.23. The number of alkyl halides is 3. The Labute approximate surface area is 124 Å². The number of hydrogen-bond acceptors (Lipinski definition) is 2. The number of nitrogens with one attached hydrogen (secondary N) is 1. The molecule has 110 valence electrons. The van der Waals surface area contributed by atoms with E-state index in [4.69, 9.17) is 0 Å². The lowest BCUT2D eigenvalue weighted by Gasteiger charge is -2.12. The Morgan fingerprint density at radius 3 is 2.24 bits per heavy atom. The van der Waals surface area contributed by atoms with Gasteiger partial charge in [0.1, 0.15) is 0 Å². The summed E-state index contributed by atoms with van der Waals surface area (Å²) < 4.78 is 38.6. The van der Waals surface area contributed by atoms with E-state index >= 15 is 0 Å². The second-order valence-corrected chi connectivity index (χ2v) is 5.11. The standard InChI is InChI=1S/C15H12F3NOS/c1-21-11-8-6-10(7-9-11)19-14(20)12-4-2-3-5-13(12)15(16,17)18/h2-9H,1H3,(H,19,20). The lowest BCUT2D eigenvalue weighted by molar-refractivity contribution is -0.137. The molecule has 0 unspecified atom stereocenters. The number of benzene rings is 2. The van der Waals surface area contributed by atoms with Crippen molar-refractivity contribution in [3.8, 4) is 0 Å². The first-order valence-electron chi connectivity index (χ1n) is 6.03. The molecule has 2 aromatic rings. The van der Waals surface area contributed by atoms with Gasteiger partial charge in [-0.25, -0.2) is 0 Å². The second kappa shape index (κ2) is 6.22. The van der Waals surface area contributed by atoms with Gasteiger partial charge in [0.2, 0.25) is 0 Å². The van der Waals surface area contributed by atoms with Gasteiger partial charge in [0, 0.05) is 10.6 Å². The molecule has 6 heteroatoms. The van der Waals surface area contributed by atoms with Crippen molar-refractivity contribution in [2.45, 2.75) is 11.1 Å². The summed E-state index contributed by atoms with van der Waals surface area (Å²) in [4.78, 5) is 13.0. The summed E-state index contributed by atoms with van der Waals surface area (Å²) in [5, 5.41) is 2.47. The highest BCUT2D eigenvalue weighted by molar-refractivity contribution is 7.98. The highest BCUT2D eigenvalue weighted by Gasteiger charge is 2.34. The van der Waals surface area contributed by atoms with E-state index in [1.807, 2.05) is 6.26 Å². The molecule has 0 saturated heterocycles. The summed E-state index contributed by atoms with van der Waals surface area (Å²) in [5.41, 5.74) is -0.878. The van der Waals surface area contributed by atoms with E-state index in [1.165, 1.54) is 23.9 Å². The Morgan fingerprint density at radius 1 is 1.05 bits per heavy atom. The Morgan fingerprint density at radius 2 is 1.67 bits per heavy atom. The Hall–Kier alpha value is -1.95. The van der Waals surface area contributed by atoms with Crippen LogP contribution in [0.15, 0.2) is 53.4 Å². The van der Waals surface area contributed by atoms with Gasteiger partial charge in [0.15, 0.2) is 0 Å². The van der Waals surface area contributed by atoms with Crippen molar-refractivity contribution in [3.05, 3.63) is 59.7 Å². The van der Waals surface area contributed by atoms with E-state index in [9.17, 15) is 18.0 Å². The van der Waals surface area contributed by atoms with Crippen molar-refractivity contribution in [1.29, 1.82) is 0 Å². The molecule has 0 fully saturated rings. The minimum absolute atomic E-state index is 0.390. The predicted octanol–water partition coefficient (Wildman–Crippen LogP) is 4.68. The molecule has 2 rings (SSSR count). The predicted molar refractivity (Wildman–Crippen MR) is 77.6 cm³/mol. The molecule has 2 aromatic carbocycles. The van der Waals surface area contributed by atoms with Crippen LogP contribution in [0.1, 0.15) is 15.9 Å². The lowest BCUT2D eigenvalue weighted by Crippen LogP contribution is -2.18. The van der Waals surface area contributed by atoms with Crippen molar-refractivity contribution in [3.63, 3.8) is 0 Å². The average Bonchev–Trinajstić information content (AvgIpc) is 2.47. The van der Waals surface area contributed by atoms with Crippen LogP contribution in [0.5, 0.6) is 0 Å². The van der Waals surface area contributed by atoms with Crippen LogP contribution in [0.25, 0.3) is 0 Å². The van der Waals surface area contributed by atoms with E-state index in [-0.39, 0.29) is 5.56 Å². The normalized spacial score (nSPS) is 11.2. The summed E-state index contributed by atoms with van der Waals surface area (Å²) in [6.45, 7) is 0. The fourth-order valence-electron chi connectivity index (χ4n) is 1.80. The van der Waals surface area contributed by atoms with Gasteiger partial charge in [-0.2, -0.15) is 13.2 Å². The molecule has 0 atom stereocenters. The number of anilines is 1. The zero-order valence-corrected chi connectivity index (χ0v) is 11.9. The van der Waals surface area contributed by atoms with Crippen LogP contribution in [0.2, 0.25) is 0 Å². The zero-order chi connectivity index (χ0) is 15.5. The molecule has 0 aliphatic rings. The summed E-state index contributed by atoms with van der Waals surface area (Å²) in [6.07, 6.45) is -2.65. The Bertz CT molecular complexity index is 638. The quantitative estimate of drug-likeness (QED) is 0.834. The molecule has 1 N–H and O–H groups in total. The van der Waals surface area contributed by atoms with Crippen LogP contribution in [-0.4, -0.2) is 12.2 Å². The number of thioether (sulfide) groups is 1. The van der Waals surface area contributed by atoms with Gasteiger partial charge < -0.3 is 5.32 Å². The fraction of sp³-hybridized carbons (Fsp3) is 0.133. The van der Waals surface area contributed by atoms with Crippen molar-refractivity contribution in [2.24, 2.45) is 0 Å². The van der Waals surface area contributed by atoms with Gasteiger partial charge in [-0.05, 0) is 42.7 Å². The molecule has 0 spiro atoms. The first-order chi connectivity index (χ1) is 9.91. The van der Waals surface area contributed by atoms with Crippen LogP contribution in [0.3, 0.4) is 0 Å². The molecule has 2 nitrogen and oxygen atoms in total. The first-order valence-corrected chi connectivity index (χ1v) is 7.26. The lowest BCUT2D eigenvalue weighted by atomic mass is 10.1. The van der Waals surface area contributed by atoms with Crippen LogP contribution < -0.4 is 5.32 Å². The van der Waals surface area contributed by atoms with Gasteiger partial charge >= 0.3 is 6.18 Å².